The van der Waals surface area contributed by atoms with Gasteiger partial charge in [-0.05, 0) is 5.92 Å². The first-order valence-corrected chi connectivity index (χ1v) is 5.93. The molecule has 1 heterocycles. The van der Waals surface area contributed by atoms with Crippen molar-refractivity contribution in [2.45, 2.75) is 26.7 Å². The lowest BCUT2D eigenvalue weighted by Gasteiger charge is -2.10. The van der Waals surface area contributed by atoms with Crippen LogP contribution >= 0.6 is 0 Å². The number of rotatable bonds is 7. The van der Waals surface area contributed by atoms with Gasteiger partial charge in [-0.2, -0.15) is 5.10 Å². The Labute approximate surface area is 98.0 Å². The molecule has 1 unspecified atom stereocenters. The van der Waals surface area contributed by atoms with E-state index in [2.05, 4.69) is 30.3 Å². The van der Waals surface area contributed by atoms with E-state index in [4.69, 9.17) is 4.74 Å². The van der Waals surface area contributed by atoms with Gasteiger partial charge in [0.1, 0.15) is 5.82 Å². The number of hydrogen-bond acceptors (Lipinski definition) is 3. The predicted octanol–water partition coefficient (Wildman–Crippen LogP) is 2.07. The van der Waals surface area contributed by atoms with Gasteiger partial charge < -0.3 is 10.1 Å². The molecule has 1 N–H and O–H groups in total. The molecule has 1 rings (SSSR count). The fraction of sp³-hybridized carbons (Fsp3) is 0.750. The van der Waals surface area contributed by atoms with Gasteiger partial charge in [0.05, 0.1) is 12.3 Å². The van der Waals surface area contributed by atoms with Crippen molar-refractivity contribution in [2.75, 3.05) is 25.6 Å². The summed E-state index contributed by atoms with van der Waals surface area (Å²) in [6.07, 6.45) is 2.07. The van der Waals surface area contributed by atoms with Gasteiger partial charge in [-0.1, -0.05) is 20.3 Å². The van der Waals surface area contributed by atoms with E-state index in [9.17, 15) is 0 Å². The Morgan fingerprint density at radius 2 is 2.31 bits per heavy atom. The fourth-order valence-corrected chi connectivity index (χ4v) is 1.44. The van der Waals surface area contributed by atoms with Crippen LogP contribution in [0, 0.1) is 5.92 Å². The SMILES string of the molecule is CCC(C)CNc1cc(CCOC)nn1C. The molecular weight excluding hydrogens is 202 g/mol. The third-order valence-electron chi connectivity index (χ3n) is 2.82. The molecule has 4 nitrogen and oxygen atoms in total. The number of aromatic nitrogens is 2. The molecule has 0 amide bonds. The number of aryl methyl sites for hydroxylation is 1. The van der Waals surface area contributed by atoms with Crippen LogP contribution in [0.1, 0.15) is 26.0 Å². The predicted molar refractivity (Wildman–Crippen MR) is 66.7 cm³/mol. The Balaban J connectivity index is 2.49. The highest BCUT2D eigenvalue weighted by atomic mass is 16.5. The van der Waals surface area contributed by atoms with E-state index < -0.39 is 0 Å². The van der Waals surface area contributed by atoms with Crippen molar-refractivity contribution in [3.63, 3.8) is 0 Å². The number of anilines is 1. The van der Waals surface area contributed by atoms with Gasteiger partial charge in [0.15, 0.2) is 0 Å². The summed E-state index contributed by atoms with van der Waals surface area (Å²) in [5, 5.41) is 7.85. The maximum Gasteiger partial charge on any atom is 0.124 e. The van der Waals surface area contributed by atoms with Crippen LogP contribution in [0.5, 0.6) is 0 Å². The molecule has 1 aromatic heterocycles. The third-order valence-corrected chi connectivity index (χ3v) is 2.82. The monoisotopic (exact) mass is 225 g/mol. The quantitative estimate of drug-likeness (QED) is 0.772. The number of nitrogens with one attached hydrogen (secondary N) is 1. The molecule has 1 aromatic rings. The molecule has 0 fully saturated rings. The first kappa shape index (κ1) is 13.0. The van der Waals surface area contributed by atoms with E-state index in [0.29, 0.717) is 5.92 Å². The first-order chi connectivity index (χ1) is 7.67. The third kappa shape index (κ3) is 3.85. The lowest BCUT2D eigenvalue weighted by atomic mass is 10.1. The minimum absolute atomic E-state index is 0.692. The lowest BCUT2D eigenvalue weighted by molar-refractivity contribution is 0.201. The molecule has 16 heavy (non-hydrogen) atoms. The maximum atomic E-state index is 5.04. The second-order valence-electron chi connectivity index (χ2n) is 4.28. The minimum Gasteiger partial charge on any atom is -0.384 e. The smallest absolute Gasteiger partial charge is 0.124 e. The Morgan fingerprint density at radius 1 is 1.56 bits per heavy atom. The largest absolute Gasteiger partial charge is 0.384 e. The standard InChI is InChI=1S/C12H23N3O/c1-5-10(2)9-13-12-8-11(6-7-16-4)14-15(12)3/h8,10,13H,5-7,9H2,1-4H3. The van der Waals surface area contributed by atoms with Gasteiger partial charge in [-0.25, -0.2) is 0 Å². The zero-order chi connectivity index (χ0) is 12.0. The highest BCUT2D eigenvalue weighted by Crippen LogP contribution is 2.11. The van der Waals surface area contributed by atoms with Gasteiger partial charge in [0.2, 0.25) is 0 Å². The van der Waals surface area contributed by atoms with Crippen molar-refractivity contribution in [1.29, 1.82) is 0 Å². The fourth-order valence-electron chi connectivity index (χ4n) is 1.44. The van der Waals surface area contributed by atoms with Crippen LogP contribution in [0.2, 0.25) is 0 Å². The normalized spacial score (nSPS) is 12.8. The van der Waals surface area contributed by atoms with Crippen LogP contribution in [0.15, 0.2) is 6.07 Å². The summed E-state index contributed by atoms with van der Waals surface area (Å²) in [5.74, 6) is 1.78. The summed E-state index contributed by atoms with van der Waals surface area (Å²) in [6, 6.07) is 2.10. The van der Waals surface area contributed by atoms with Crippen molar-refractivity contribution in [3.05, 3.63) is 11.8 Å². The van der Waals surface area contributed by atoms with Gasteiger partial charge in [0.25, 0.3) is 0 Å². The minimum atomic E-state index is 0.692. The van der Waals surface area contributed by atoms with Crippen LogP contribution in [-0.2, 0) is 18.2 Å². The molecule has 0 saturated carbocycles. The van der Waals surface area contributed by atoms with E-state index in [0.717, 1.165) is 31.1 Å². The van der Waals surface area contributed by atoms with E-state index in [1.54, 1.807) is 7.11 Å². The summed E-state index contributed by atoms with van der Waals surface area (Å²) in [4.78, 5) is 0. The summed E-state index contributed by atoms with van der Waals surface area (Å²) >= 11 is 0. The number of methoxy groups -OCH3 is 1. The highest BCUT2D eigenvalue weighted by Gasteiger charge is 2.05. The molecular formula is C12H23N3O. The molecule has 0 aliphatic rings. The van der Waals surface area contributed by atoms with Gasteiger partial charge >= 0.3 is 0 Å². The second-order valence-corrected chi connectivity index (χ2v) is 4.28. The molecule has 0 radical (unpaired) electrons. The van der Waals surface area contributed by atoms with E-state index in [1.165, 1.54) is 6.42 Å². The van der Waals surface area contributed by atoms with E-state index in [-0.39, 0.29) is 0 Å². The van der Waals surface area contributed by atoms with Crippen LogP contribution in [0.4, 0.5) is 5.82 Å². The Morgan fingerprint density at radius 3 is 2.94 bits per heavy atom. The zero-order valence-electron chi connectivity index (χ0n) is 10.8. The molecule has 4 heteroatoms. The second kappa shape index (κ2) is 6.53. The summed E-state index contributed by atoms with van der Waals surface area (Å²) < 4.78 is 6.94. The van der Waals surface area contributed by atoms with Crippen LogP contribution in [0.25, 0.3) is 0 Å². The molecule has 0 aliphatic heterocycles. The number of nitrogens with zero attached hydrogens (tertiary/aromatic N) is 2. The van der Waals surface area contributed by atoms with Crippen molar-refractivity contribution >= 4 is 5.82 Å². The van der Waals surface area contributed by atoms with Crippen LogP contribution < -0.4 is 5.32 Å². The van der Waals surface area contributed by atoms with Crippen molar-refractivity contribution in [2.24, 2.45) is 13.0 Å². The Kier molecular flexibility index (Phi) is 5.32. The van der Waals surface area contributed by atoms with E-state index in [1.807, 2.05) is 11.7 Å². The lowest BCUT2D eigenvalue weighted by Crippen LogP contribution is -2.12. The summed E-state index contributed by atoms with van der Waals surface area (Å²) in [6.45, 7) is 6.18. The molecule has 1 atom stereocenters. The van der Waals surface area contributed by atoms with Gasteiger partial charge in [0, 0.05) is 33.2 Å². The molecule has 92 valence electrons. The average Bonchev–Trinajstić information content (AvgIpc) is 2.64. The van der Waals surface area contributed by atoms with Crippen LogP contribution in [-0.4, -0.2) is 30.0 Å². The first-order valence-electron chi connectivity index (χ1n) is 5.93. The van der Waals surface area contributed by atoms with Crippen molar-refractivity contribution in [1.82, 2.24) is 9.78 Å². The maximum absolute atomic E-state index is 5.04. The molecule has 0 spiro atoms. The van der Waals surface area contributed by atoms with Crippen molar-refractivity contribution < 1.29 is 4.74 Å². The zero-order valence-corrected chi connectivity index (χ0v) is 10.8. The molecule has 0 bridgehead atoms. The summed E-state index contributed by atoms with van der Waals surface area (Å²) in [7, 11) is 3.68. The Hall–Kier alpha value is -1.03. The van der Waals surface area contributed by atoms with Crippen molar-refractivity contribution in [3.8, 4) is 0 Å². The van der Waals surface area contributed by atoms with Gasteiger partial charge in [-0.15, -0.1) is 0 Å². The Bertz CT molecular complexity index is 309. The average molecular weight is 225 g/mol. The van der Waals surface area contributed by atoms with E-state index >= 15 is 0 Å². The molecule has 0 saturated heterocycles. The molecule has 0 aromatic carbocycles. The highest BCUT2D eigenvalue weighted by molar-refractivity contribution is 5.37. The van der Waals surface area contributed by atoms with Crippen LogP contribution in [0.3, 0.4) is 0 Å². The van der Waals surface area contributed by atoms with Gasteiger partial charge in [-0.3, -0.25) is 4.68 Å². The molecule has 0 aliphatic carbocycles. The topological polar surface area (TPSA) is 39.1 Å². The number of ether oxygens (including phenoxy) is 1. The number of hydrogen-bond donors (Lipinski definition) is 1. The summed E-state index contributed by atoms with van der Waals surface area (Å²) in [5.41, 5.74) is 1.08.